The van der Waals surface area contributed by atoms with E-state index in [1.807, 2.05) is 0 Å². The minimum atomic E-state index is -3.07. The largest absolute Gasteiger partial charge is 0.384 e. The number of sulfone groups is 1. The number of carbonyl (C=O) groups is 1. The first-order valence-corrected chi connectivity index (χ1v) is 6.98. The lowest BCUT2D eigenvalue weighted by atomic mass is 10.3. The molecule has 8 heteroatoms. The van der Waals surface area contributed by atoms with Crippen LogP contribution in [0.4, 0.5) is 5.82 Å². The van der Waals surface area contributed by atoms with E-state index in [2.05, 4.69) is 10.3 Å². The molecule has 0 aliphatic heterocycles. The smallest absolute Gasteiger partial charge is 0.269 e. The molecule has 6 nitrogen and oxygen atoms in total. The highest BCUT2D eigenvalue weighted by Crippen LogP contribution is 1.99. The number of pyridine rings is 1. The third kappa shape index (κ3) is 5.33. The second kappa shape index (κ2) is 7.17. The molecule has 0 saturated carbocycles. The lowest BCUT2D eigenvalue weighted by Crippen LogP contribution is -2.30. The molecule has 18 heavy (non-hydrogen) atoms. The summed E-state index contributed by atoms with van der Waals surface area (Å²) in [7, 11) is -3.07. The molecule has 0 unspecified atom stereocenters. The number of amides is 1. The Morgan fingerprint density at radius 2 is 2.11 bits per heavy atom. The Hall–Kier alpha value is -1.34. The van der Waals surface area contributed by atoms with Crippen LogP contribution in [-0.4, -0.2) is 37.4 Å². The van der Waals surface area contributed by atoms with Gasteiger partial charge in [0, 0.05) is 12.3 Å². The van der Waals surface area contributed by atoms with Gasteiger partial charge in [0.2, 0.25) is 0 Å². The molecular weight excluding hydrogens is 278 g/mol. The highest BCUT2D eigenvalue weighted by atomic mass is 35.5. The van der Waals surface area contributed by atoms with Crippen molar-refractivity contribution in [3.63, 3.8) is 0 Å². The zero-order valence-corrected chi connectivity index (χ0v) is 11.6. The second-order valence-corrected chi connectivity index (χ2v) is 5.91. The monoisotopic (exact) mass is 293 g/mol. The number of nitrogens with zero attached hydrogens (tertiary/aromatic N) is 1. The van der Waals surface area contributed by atoms with E-state index < -0.39 is 15.7 Å². The number of carbonyl (C=O) groups excluding carboxylic acids is 1. The summed E-state index contributed by atoms with van der Waals surface area (Å²) in [5.41, 5.74) is 5.61. The summed E-state index contributed by atoms with van der Waals surface area (Å²) in [6.07, 6.45) is 0. The summed E-state index contributed by atoms with van der Waals surface area (Å²) in [6, 6.07) is 4.69. The maximum absolute atomic E-state index is 11.5. The molecule has 1 aromatic heterocycles. The van der Waals surface area contributed by atoms with E-state index in [1.165, 1.54) is 6.07 Å². The van der Waals surface area contributed by atoms with Gasteiger partial charge in [-0.05, 0) is 12.1 Å². The van der Waals surface area contributed by atoms with Crippen LogP contribution >= 0.6 is 12.4 Å². The number of hydrogen-bond donors (Lipinski definition) is 2. The average molecular weight is 294 g/mol. The molecule has 1 rings (SSSR count). The van der Waals surface area contributed by atoms with Crippen molar-refractivity contribution in [1.29, 1.82) is 0 Å². The fourth-order valence-electron chi connectivity index (χ4n) is 1.13. The molecule has 1 aromatic rings. The summed E-state index contributed by atoms with van der Waals surface area (Å²) >= 11 is 0. The summed E-state index contributed by atoms with van der Waals surface area (Å²) in [4.78, 5) is 15.4. The topological polar surface area (TPSA) is 102 Å². The van der Waals surface area contributed by atoms with E-state index in [0.717, 1.165) is 0 Å². The Bertz CT molecular complexity index is 505. The normalized spacial score (nSPS) is 10.5. The van der Waals surface area contributed by atoms with Crippen LogP contribution in [0.1, 0.15) is 17.4 Å². The third-order valence-corrected chi connectivity index (χ3v) is 3.85. The van der Waals surface area contributed by atoms with E-state index >= 15 is 0 Å². The Morgan fingerprint density at radius 3 is 2.67 bits per heavy atom. The molecule has 0 bridgehead atoms. The lowest BCUT2D eigenvalue weighted by molar-refractivity contribution is 0.0951. The van der Waals surface area contributed by atoms with Gasteiger partial charge in [-0.3, -0.25) is 4.79 Å². The first-order valence-electron chi connectivity index (χ1n) is 5.16. The number of nitrogens with one attached hydrogen (secondary N) is 1. The number of nitrogens with two attached hydrogens (primary N) is 1. The molecule has 1 heterocycles. The van der Waals surface area contributed by atoms with Crippen LogP contribution in [0, 0.1) is 0 Å². The standard InChI is InChI=1S/C10H15N3O3S.ClH/c1-2-17(15,16)7-6-12-10(14)8-4-3-5-9(11)13-8;/h3-5H,2,6-7H2,1H3,(H2,11,13)(H,12,14);1H. The van der Waals surface area contributed by atoms with Crippen LogP contribution < -0.4 is 11.1 Å². The first-order chi connectivity index (χ1) is 7.94. The van der Waals surface area contributed by atoms with E-state index in [-0.39, 0.29) is 42.0 Å². The van der Waals surface area contributed by atoms with Gasteiger partial charge in [-0.2, -0.15) is 0 Å². The van der Waals surface area contributed by atoms with Crippen molar-refractivity contribution in [3.05, 3.63) is 23.9 Å². The molecule has 0 aromatic carbocycles. The Morgan fingerprint density at radius 1 is 1.44 bits per heavy atom. The minimum absolute atomic E-state index is 0. The van der Waals surface area contributed by atoms with Gasteiger partial charge in [0.05, 0.1) is 5.75 Å². The fraction of sp³-hybridized carbons (Fsp3) is 0.400. The van der Waals surface area contributed by atoms with Gasteiger partial charge in [-0.25, -0.2) is 13.4 Å². The van der Waals surface area contributed by atoms with Gasteiger partial charge in [-0.15, -0.1) is 12.4 Å². The molecule has 1 amide bonds. The zero-order chi connectivity index (χ0) is 12.9. The predicted molar refractivity (Wildman–Crippen MR) is 72.6 cm³/mol. The summed E-state index contributed by atoms with van der Waals surface area (Å²) in [6.45, 7) is 1.64. The molecule has 0 spiro atoms. The molecular formula is C10H16ClN3O3S. The molecule has 0 saturated heterocycles. The van der Waals surface area contributed by atoms with Crippen LogP contribution in [0.15, 0.2) is 18.2 Å². The molecule has 0 aliphatic carbocycles. The fourth-order valence-corrected chi connectivity index (χ4v) is 1.83. The quantitative estimate of drug-likeness (QED) is 0.810. The number of rotatable bonds is 5. The lowest BCUT2D eigenvalue weighted by Gasteiger charge is -2.05. The molecule has 0 radical (unpaired) electrons. The Kier molecular flexibility index (Phi) is 6.64. The second-order valence-electron chi connectivity index (χ2n) is 3.44. The maximum atomic E-state index is 11.5. The number of hydrogen-bond acceptors (Lipinski definition) is 5. The van der Waals surface area contributed by atoms with Gasteiger partial charge in [0.15, 0.2) is 9.84 Å². The van der Waals surface area contributed by atoms with Gasteiger partial charge < -0.3 is 11.1 Å². The molecule has 3 N–H and O–H groups in total. The SMILES string of the molecule is CCS(=O)(=O)CCNC(=O)c1cccc(N)n1.Cl. The van der Waals surface area contributed by atoms with Crippen molar-refractivity contribution in [2.24, 2.45) is 0 Å². The van der Waals surface area contributed by atoms with Crippen LogP contribution in [-0.2, 0) is 9.84 Å². The number of halogens is 1. The maximum Gasteiger partial charge on any atom is 0.269 e. The van der Waals surface area contributed by atoms with Crippen molar-refractivity contribution in [3.8, 4) is 0 Å². The zero-order valence-electron chi connectivity index (χ0n) is 9.92. The van der Waals surface area contributed by atoms with E-state index in [0.29, 0.717) is 0 Å². The van der Waals surface area contributed by atoms with Crippen molar-refractivity contribution in [2.45, 2.75) is 6.92 Å². The van der Waals surface area contributed by atoms with Crippen LogP contribution in [0.3, 0.4) is 0 Å². The van der Waals surface area contributed by atoms with Gasteiger partial charge in [0.25, 0.3) is 5.91 Å². The summed E-state index contributed by atoms with van der Waals surface area (Å²) in [5, 5.41) is 2.48. The summed E-state index contributed by atoms with van der Waals surface area (Å²) in [5.74, 6) is -0.181. The summed E-state index contributed by atoms with van der Waals surface area (Å²) < 4.78 is 22.4. The number of nitrogen functional groups attached to an aromatic ring is 1. The van der Waals surface area contributed by atoms with Gasteiger partial charge in [0.1, 0.15) is 11.5 Å². The third-order valence-electron chi connectivity index (χ3n) is 2.14. The average Bonchev–Trinajstić information content (AvgIpc) is 2.28. The van der Waals surface area contributed by atoms with E-state index in [9.17, 15) is 13.2 Å². The predicted octanol–water partition coefficient (Wildman–Crippen LogP) is 0.250. The first kappa shape index (κ1) is 16.7. The molecule has 102 valence electrons. The van der Waals surface area contributed by atoms with E-state index in [1.54, 1.807) is 19.1 Å². The Balaban J connectivity index is 0.00000289. The van der Waals surface area contributed by atoms with Crippen LogP contribution in [0.2, 0.25) is 0 Å². The highest BCUT2D eigenvalue weighted by Gasteiger charge is 2.10. The van der Waals surface area contributed by atoms with Crippen LogP contribution in [0.25, 0.3) is 0 Å². The molecule has 0 atom stereocenters. The van der Waals surface area contributed by atoms with Gasteiger partial charge in [-0.1, -0.05) is 13.0 Å². The van der Waals surface area contributed by atoms with Crippen molar-refractivity contribution < 1.29 is 13.2 Å². The van der Waals surface area contributed by atoms with Crippen molar-refractivity contribution >= 4 is 34.0 Å². The Labute approximate surface area is 112 Å². The van der Waals surface area contributed by atoms with Crippen molar-refractivity contribution in [2.75, 3.05) is 23.8 Å². The van der Waals surface area contributed by atoms with Gasteiger partial charge >= 0.3 is 0 Å². The minimum Gasteiger partial charge on any atom is -0.384 e. The number of aromatic nitrogens is 1. The number of anilines is 1. The van der Waals surface area contributed by atoms with Crippen molar-refractivity contribution in [1.82, 2.24) is 10.3 Å². The highest BCUT2D eigenvalue weighted by molar-refractivity contribution is 7.91. The van der Waals surface area contributed by atoms with E-state index in [4.69, 9.17) is 5.73 Å². The van der Waals surface area contributed by atoms with Crippen LogP contribution in [0.5, 0.6) is 0 Å². The molecule has 0 aliphatic rings. The molecule has 0 fully saturated rings.